The number of carbonyl (C=O) groups excluding carboxylic acids is 1. The van der Waals surface area contributed by atoms with E-state index in [1.165, 1.54) is 24.0 Å². The Labute approximate surface area is 147 Å². The minimum Gasteiger partial charge on any atom is -0.507 e. The molecule has 0 saturated heterocycles. The fourth-order valence-corrected chi connectivity index (χ4v) is 4.57. The molecule has 1 atom stereocenters. The summed E-state index contributed by atoms with van der Waals surface area (Å²) in [5.74, 6) is 1.20. The van der Waals surface area contributed by atoms with Crippen molar-refractivity contribution in [1.82, 2.24) is 0 Å². The Hall–Kier alpha value is -1.87. The molecule has 0 bridgehead atoms. The first-order chi connectivity index (χ1) is 11.5. The molecule has 1 aliphatic carbocycles. The second kappa shape index (κ2) is 6.94. The molecular weight excluding hydrogens is 316 g/mol. The minimum absolute atomic E-state index is 0.0968. The molecule has 0 saturated carbocycles. The van der Waals surface area contributed by atoms with Crippen molar-refractivity contribution in [2.75, 3.05) is 0 Å². The number of aromatic hydroxyl groups is 1. The number of carbonyl (C=O) groups is 1. The van der Waals surface area contributed by atoms with Crippen LogP contribution in [0.5, 0.6) is 5.75 Å². The number of aryl methyl sites for hydroxylation is 2. The van der Waals surface area contributed by atoms with Crippen LogP contribution in [0.25, 0.3) is 6.08 Å². The minimum atomic E-state index is 0.0968. The summed E-state index contributed by atoms with van der Waals surface area (Å²) in [4.78, 5) is 13.5. The maximum atomic E-state index is 12.6. The van der Waals surface area contributed by atoms with Crippen molar-refractivity contribution in [3.05, 3.63) is 56.3 Å². The quantitative estimate of drug-likeness (QED) is 0.591. The number of fused-ring (bicyclic) bond motifs is 1. The van der Waals surface area contributed by atoms with Gasteiger partial charge in [-0.3, -0.25) is 4.79 Å². The molecule has 0 aliphatic heterocycles. The van der Waals surface area contributed by atoms with E-state index in [-0.39, 0.29) is 5.78 Å². The summed E-state index contributed by atoms with van der Waals surface area (Å²) in [7, 11) is 0. The zero-order chi connectivity index (χ0) is 17.3. The summed E-state index contributed by atoms with van der Waals surface area (Å²) in [6, 6.07) is 3.81. The van der Waals surface area contributed by atoms with Gasteiger partial charge >= 0.3 is 0 Å². The summed E-state index contributed by atoms with van der Waals surface area (Å²) in [5, 5.41) is 12.0. The number of benzene rings is 1. The third-order valence-electron chi connectivity index (χ3n) is 5.03. The third-order valence-corrected chi connectivity index (χ3v) is 6.12. The topological polar surface area (TPSA) is 37.3 Å². The molecule has 24 heavy (non-hydrogen) atoms. The van der Waals surface area contributed by atoms with Crippen molar-refractivity contribution in [2.24, 2.45) is 5.92 Å². The molecule has 126 valence electrons. The van der Waals surface area contributed by atoms with Crippen LogP contribution in [-0.2, 0) is 12.8 Å². The van der Waals surface area contributed by atoms with E-state index < -0.39 is 0 Å². The third kappa shape index (κ3) is 3.32. The number of hydrogen-bond acceptors (Lipinski definition) is 3. The van der Waals surface area contributed by atoms with Crippen molar-refractivity contribution < 1.29 is 9.90 Å². The number of ketones is 1. The van der Waals surface area contributed by atoms with Crippen molar-refractivity contribution in [3.8, 4) is 5.75 Å². The zero-order valence-corrected chi connectivity index (χ0v) is 15.4. The Balaban J connectivity index is 1.80. The molecule has 3 rings (SSSR count). The van der Waals surface area contributed by atoms with Gasteiger partial charge in [-0.25, -0.2) is 0 Å². The molecule has 0 spiro atoms. The highest BCUT2D eigenvalue weighted by Gasteiger charge is 2.23. The fraction of sp³-hybridized carbons (Fsp3) is 0.381. The van der Waals surface area contributed by atoms with Gasteiger partial charge in [0.15, 0.2) is 5.78 Å². The van der Waals surface area contributed by atoms with Crippen LogP contribution in [0.3, 0.4) is 0 Å². The van der Waals surface area contributed by atoms with E-state index in [0.29, 0.717) is 5.75 Å². The molecule has 1 aromatic heterocycles. The SMILES string of the molecule is CCC1CCc2c(csc2C(=O)C=Cc2cc(C)c(O)c(C)c2)C1. The van der Waals surface area contributed by atoms with E-state index in [9.17, 15) is 9.90 Å². The van der Waals surface area contributed by atoms with E-state index >= 15 is 0 Å². The van der Waals surface area contributed by atoms with E-state index in [1.807, 2.05) is 32.1 Å². The van der Waals surface area contributed by atoms with Gasteiger partial charge in [0.2, 0.25) is 0 Å². The number of allylic oxidation sites excluding steroid dienone is 1. The summed E-state index contributed by atoms with van der Waals surface area (Å²) < 4.78 is 0. The summed E-state index contributed by atoms with van der Waals surface area (Å²) in [5.41, 5.74) is 5.28. The van der Waals surface area contributed by atoms with E-state index in [4.69, 9.17) is 0 Å². The van der Waals surface area contributed by atoms with Gasteiger partial charge in [0.1, 0.15) is 5.75 Å². The fourth-order valence-electron chi connectivity index (χ4n) is 3.51. The Morgan fingerprint density at radius 3 is 2.71 bits per heavy atom. The van der Waals surface area contributed by atoms with Crippen LogP contribution >= 0.6 is 11.3 Å². The van der Waals surface area contributed by atoms with Crippen LogP contribution in [0.4, 0.5) is 0 Å². The van der Waals surface area contributed by atoms with Crippen LogP contribution in [-0.4, -0.2) is 10.9 Å². The van der Waals surface area contributed by atoms with Crippen molar-refractivity contribution >= 4 is 23.2 Å². The van der Waals surface area contributed by atoms with E-state index in [0.717, 1.165) is 40.3 Å². The summed E-state index contributed by atoms with van der Waals surface area (Å²) >= 11 is 1.59. The smallest absolute Gasteiger partial charge is 0.196 e. The molecule has 0 radical (unpaired) electrons. The number of thiophene rings is 1. The number of phenols is 1. The van der Waals surface area contributed by atoms with Crippen LogP contribution in [0, 0.1) is 19.8 Å². The van der Waals surface area contributed by atoms with Gasteiger partial charge in [0.05, 0.1) is 4.88 Å². The second-order valence-electron chi connectivity index (χ2n) is 6.79. The Bertz CT molecular complexity index is 775. The van der Waals surface area contributed by atoms with Crippen molar-refractivity contribution in [1.29, 1.82) is 0 Å². The van der Waals surface area contributed by atoms with Crippen molar-refractivity contribution in [3.63, 3.8) is 0 Å². The monoisotopic (exact) mass is 340 g/mol. The number of rotatable bonds is 4. The molecule has 1 heterocycles. The predicted molar refractivity (Wildman–Crippen MR) is 101 cm³/mol. The van der Waals surface area contributed by atoms with Gasteiger partial charge in [-0.15, -0.1) is 11.3 Å². The van der Waals surface area contributed by atoms with Crippen LogP contribution in [0.2, 0.25) is 0 Å². The molecule has 3 heteroatoms. The lowest BCUT2D eigenvalue weighted by atomic mass is 9.83. The normalized spacial score (nSPS) is 17.2. The highest BCUT2D eigenvalue weighted by molar-refractivity contribution is 7.12. The lowest BCUT2D eigenvalue weighted by molar-refractivity contribution is 0.105. The van der Waals surface area contributed by atoms with Gasteiger partial charge in [0.25, 0.3) is 0 Å². The second-order valence-corrected chi connectivity index (χ2v) is 7.67. The van der Waals surface area contributed by atoms with Gasteiger partial charge in [-0.2, -0.15) is 0 Å². The molecule has 0 amide bonds. The maximum absolute atomic E-state index is 12.6. The lowest BCUT2D eigenvalue weighted by Crippen LogP contribution is -2.13. The maximum Gasteiger partial charge on any atom is 0.196 e. The molecule has 2 aromatic rings. The molecule has 2 nitrogen and oxygen atoms in total. The average Bonchev–Trinajstić information content (AvgIpc) is 3.00. The van der Waals surface area contributed by atoms with E-state index in [1.54, 1.807) is 17.4 Å². The first-order valence-electron chi connectivity index (χ1n) is 8.61. The first kappa shape index (κ1) is 17.0. The summed E-state index contributed by atoms with van der Waals surface area (Å²) in [6.07, 6.45) is 8.09. The largest absolute Gasteiger partial charge is 0.507 e. The van der Waals surface area contributed by atoms with Crippen LogP contribution in [0.1, 0.15) is 57.3 Å². The molecule has 1 N–H and O–H groups in total. The summed E-state index contributed by atoms with van der Waals surface area (Å²) in [6.45, 7) is 6.00. The van der Waals surface area contributed by atoms with Gasteiger partial charge < -0.3 is 5.11 Å². The highest BCUT2D eigenvalue weighted by Crippen LogP contribution is 2.34. The Morgan fingerprint density at radius 2 is 2.04 bits per heavy atom. The highest BCUT2D eigenvalue weighted by atomic mass is 32.1. The van der Waals surface area contributed by atoms with Crippen LogP contribution in [0.15, 0.2) is 23.6 Å². The Morgan fingerprint density at radius 1 is 1.33 bits per heavy atom. The first-order valence-corrected chi connectivity index (χ1v) is 9.49. The van der Waals surface area contributed by atoms with Gasteiger partial charge in [0, 0.05) is 0 Å². The molecular formula is C21H24O2S. The molecule has 1 unspecified atom stereocenters. The van der Waals surface area contributed by atoms with Gasteiger partial charge in [-0.05, 0) is 90.4 Å². The zero-order valence-electron chi connectivity index (χ0n) is 14.6. The lowest BCUT2D eigenvalue weighted by Gasteiger charge is -2.21. The van der Waals surface area contributed by atoms with Crippen molar-refractivity contribution in [2.45, 2.75) is 46.5 Å². The van der Waals surface area contributed by atoms with E-state index in [2.05, 4.69) is 12.3 Å². The number of phenolic OH excluding ortho intramolecular Hbond substituents is 1. The van der Waals surface area contributed by atoms with Crippen LogP contribution < -0.4 is 0 Å². The Kier molecular flexibility index (Phi) is 4.91. The predicted octanol–water partition coefficient (Wildman–Crippen LogP) is 5.48. The standard InChI is InChI=1S/C21H24O2S/c1-4-15-5-7-18-17(11-15)12-24-21(18)19(22)8-6-16-9-13(2)20(23)14(3)10-16/h6,8-10,12,15,23H,4-5,7,11H2,1-3H3. The molecule has 1 aliphatic rings. The number of hydrogen-bond donors (Lipinski definition) is 1. The average molecular weight is 340 g/mol. The van der Waals surface area contributed by atoms with Gasteiger partial charge in [-0.1, -0.05) is 19.4 Å². The molecule has 1 aromatic carbocycles. The molecule has 0 fully saturated rings.